The largest absolute Gasteiger partial charge is 1.00 e. The Morgan fingerprint density at radius 3 is 0.333 bits per heavy atom. The van der Waals surface area contributed by atoms with Gasteiger partial charge in [-0.05, 0) is 101 Å². The Kier molecular flexibility index (Phi) is 80.4. The van der Waals surface area contributed by atoms with E-state index in [1.54, 1.807) is 0 Å². The molecule has 3 nitrogen and oxygen atoms in total. The topological polar surface area (TPSA) is 0 Å². The van der Waals surface area contributed by atoms with Crippen LogP contribution < -0.4 is 50.9 Å². The molecule has 0 saturated carbocycles. The molecule has 72 heavy (non-hydrogen) atoms. The van der Waals surface area contributed by atoms with Gasteiger partial charge in [0, 0.05) is 0 Å². The summed E-state index contributed by atoms with van der Waals surface area (Å²) in [5, 5.41) is 0. The molecule has 0 saturated heterocycles. The summed E-state index contributed by atoms with van der Waals surface area (Å²) in [4.78, 5) is 0. The van der Waals surface area contributed by atoms with Gasteiger partial charge in [-0.1, -0.05) is 252 Å². The minimum absolute atomic E-state index is 0. The van der Waals surface area contributed by atoms with E-state index >= 15 is 0 Å². The number of unbranched alkanes of at least 4 members (excludes halogenated alkanes) is 39. The molecule has 0 spiro atoms. The average Bonchev–Trinajstić information content (AvgIpc) is 3.38. The summed E-state index contributed by atoms with van der Waals surface area (Å²) in [6, 6.07) is 0. The van der Waals surface area contributed by atoms with Crippen LogP contribution in [0, 0.1) is 0 Å². The zero-order chi connectivity index (χ0) is 51.7. The van der Waals surface area contributed by atoms with E-state index in [1.807, 2.05) is 0 Å². The first-order valence-corrected chi connectivity index (χ1v) is 33.3. The first-order valence-electron chi connectivity index (χ1n) is 33.3. The monoisotopic (exact) mass is 1220 g/mol. The highest BCUT2D eigenvalue weighted by atomic mass is 79.9. The lowest BCUT2D eigenvalue weighted by Gasteiger charge is -2.35. The van der Waals surface area contributed by atoms with E-state index in [4.69, 9.17) is 0 Å². The molecule has 0 atom stereocenters. The minimum Gasteiger partial charge on any atom is -1.00 e. The molecular formula is C66H144Br3N3. The minimum atomic E-state index is 0. The normalized spacial score (nSPS) is 11.5. The maximum atomic E-state index is 2.36. The fraction of sp³-hybridized carbons (Fsp3) is 1.00. The van der Waals surface area contributed by atoms with Crippen molar-refractivity contribution in [3.05, 3.63) is 0 Å². The molecule has 0 aliphatic heterocycles. The van der Waals surface area contributed by atoms with Crippen molar-refractivity contribution in [2.45, 2.75) is 353 Å². The molecule has 0 aromatic heterocycles. The average molecular weight is 1220 g/mol. The number of hydrogen-bond acceptors (Lipinski definition) is 0. The van der Waals surface area contributed by atoms with Crippen molar-refractivity contribution in [2.24, 2.45) is 0 Å². The van der Waals surface area contributed by atoms with Gasteiger partial charge in [-0.25, -0.2) is 0 Å². The van der Waals surface area contributed by atoms with E-state index in [9.17, 15) is 0 Å². The molecule has 0 radical (unpaired) electrons. The Labute approximate surface area is 492 Å². The Hall–Kier alpha value is 1.32. The van der Waals surface area contributed by atoms with E-state index < -0.39 is 0 Å². The molecule has 0 aromatic rings. The molecular weight excluding hydrogens is 1070 g/mol. The van der Waals surface area contributed by atoms with E-state index in [2.05, 4.69) is 83.1 Å². The predicted molar refractivity (Wildman–Crippen MR) is 321 cm³/mol. The van der Waals surface area contributed by atoms with Gasteiger partial charge < -0.3 is 64.4 Å². The lowest BCUT2D eigenvalue weighted by Crippen LogP contribution is -3.00. The van der Waals surface area contributed by atoms with Gasteiger partial charge in [-0.15, -0.1) is 0 Å². The SMILES string of the molecule is CCCCCCCCCCCCCCCC[N+](CC)(CC)CC.CCCCCCCCCCCCCCCC[N+](CC)(CC)CC.CCCCCCCCCCCCCCCC[N+](CC)(CC)CC.[Br-].[Br-].[Br-]. The smallest absolute Gasteiger partial charge is 0.0786 e. The maximum absolute atomic E-state index is 2.36. The molecule has 444 valence electrons. The fourth-order valence-electron chi connectivity index (χ4n) is 11.4. The zero-order valence-electron chi connectivity index (χ0n) is 52.7. The molecule has 0 unspecified atom stereocenters. The third-order valence-electron chi connectivity index (χ3n) is 18.0. The molecule has 0 aliphatic rings. The van der Waals surface area contributed by atoms with Crippen LogP contribution in [0.2, 0.25) is 0 Å². The second kappa shape index (κ2) is 68.4. The molecule has 0 amide bonds. The number of hydrogen-bond donors (Lipinski definition) is 0. The second-order valence-electron chi connectivity index (χ2n) is 22.8. The first kappa shape index (κ1) is 84.6. The standard InChI is InChI=1S/3C22H48N.3BrH/c3*1-5-9-10-11-12-13-14-15-16-17-18-19-20-21-22-23(6-2,7-3)8-4;;;/h3*5-22H2,1-4H3;3*1H/q3*+1;;;/p-3. The third kappa shape index (κ3) is 56.1. The van der Waals surface area contributed by atoms with E-state index in [-0.39, 0.29) is 50.9 Å². The summed E-state index contributed by atoms with van der Waals surface area (Å²) in [7, 11) is 0. The Morgan fingerprint density at radius 1 is 0.139 bits per heavy atom. The van der Waals surface area contributed by atoms with Crippen LogP contribution in [0.1, 0.15) is 353 Å². The van der Waals surface area contributed by atoms with Crippen LogP contribution in [0.5, 0.6) is 0 Å². The van der Waals surface area contributed by atoms with Crippen molar-refractivity contribution in [1.29, 1.82) is 0 Å². The van der Waals surface area contributed by atoms with Crippen molar-refractivity contribution < 1.29 is 64.4 Å². The van der Waals surface area contributed by atoms with Crippen molar-refractivity contribution in [2.75, 3.05) is 78.5 Å². The predicted octanol–water partition coefficient (Wildman–Crippen LogP) is 13.0. The fourth-order valence-corrected chi connectivity index (χ4v) is 11.4. The third-order valence-corrected chi connectivity index (χ3v) is 18.0. The van der Waals surface area contributed by atoms with Crippen LogP contribution in [0.3, 0.4) is 0 Å². The summed E-state index contributed by atoms with van der Waals surface area (Å²) in [6.07, 6.45) is 61.4. The van der Waals surface area contributed by atoms with Gasteiger partial charge in [0.05, 0.1) is 78.5 Å². The van der Waals surface area contributed by atoms with Gasteiger partial charge in [0.15, 0.2) is 0 Å². The lowest BCUT2D eigenvalue weighted by molar-refractivity contribution is -0.923. The maximum Gasteiger partial charge on any atom is 0.0786 e. The van der Waals surface area contributed by atoms with Crippen molar-refractivity contribution in [3.8, 4) is 0 Å². The highest BCUT2D eigenvalue weighted by Gasteiger charge is 2.21. The molecule has 0 heterocycles. The Morgan fingerprint density at radius 2 is 0.236 bits per heavy atom. The van der Waals surface area contributed by atoms with Gasteiger partial charge >= 0.3 is 0 Å². The zero-order valence-corrected chi connectivity index (χ0v) is 57.4. The van der Waals surface area contributed by atoms with E-state index in [0.717, 1.165) is 0 Å². The van der Waals surface area contributed by atoms with Gasteiger partial charge in [0.2, 0.25) is 0 Å². The van der Waals surface area contributed by atoms with Gasteiger partial charge in [0.25, 0.3) is 0 Å². The summed E-state index contributed by atoms with van der Waals surface area (Å²) in [5.74, 6) is 0. The highest BCUT2D eigenvalue weighted by molar-refractivity contribution is 4.53. The van der Waals surface area contributed by atoms with Crippen LogP contribution in [0.25, 0.3) is 0 Å². The Balaban J connectivity index is -0.000000222. The van der Waals surface area contributed by atoms with Crippen LogP contribution in [-0.4, -0.2) is 92.0 Å². The van der Waals surface area contributed by atoms with Gasteiger partial charge in [-0.2, -0.15) is 0 Å². The van der Waals surface area contributed by atoms with Crippen LogP contribution in [0.15, 0.2) is 0 Å². The summed E-state index contributed by atoms with van der Waals surface area (Å²) in [5.41, 5.74) is 0. The highest BCUT2D eigenvalue weighted by Crippen LogP contribution is 2.18. The van der Waals surface area contributed by atoms with E-state index in [1.165, 1.54) is 362 Å². The van der Waals surface area contributed by atoms with Gasteiger partial charge in [-0.3, -0.25) is 0 Å². The number of halogens is 3. The molecule has 0 aromatic carbocycles. The van der Waals surface area contributed by atoms with Crippen LogP contribution in [-0.2, 0) is 0 Å². The number of quaternary nitrogens is 3. The Bertz CT molecular complexity index is 767. The quantitative estimate of drug-likeness (QED) is 0.0421. The van der Waals surface area contributed by atoms with Crippen LogP contribution >= 0.6 is 0 Å². The molecule has 0 bridgehead atoms. The van der Waals surface area contributed by atoms with Crippen molar-refractivity contribution >= 4 is 0 Å². The van der Waals surface area contributed by atoms with Gasteiger partial charge in [0.1, 0.15) is 0 Å². The first-order chi connectivity index (χ1) is 33.7. The lowest BCUT2D eigenvalue weighted by atomic mass is 10.0. The summed E-state index contributed by atoms with van der Waals surface area (Å²) >= 11 is 0. The molecule has 6 heteroatoms. The van der Waals surface area contributed by atoms with Crippen molar-refractivity contribution in [3.63, 3.8) is 0 Å². The van der Waals surface area contributed by atoms with E-state index in [0.29, 0.717) is 0 Å². The van der Waals surface area contributed by atoms with Crippen LogP contribution in [0.4, 0.5) is 0 Å². The molecule has 0 aliphatic carbocycles. The molecule has 0 N–H and O–H groups in total. The van der Waals surface area contributed by atoms with Crippen molar-refractivity contribution in [1.82, 2.24) is 0 Å². The second-order valence-corrected chi connectivity index (χ2v) is 22.8. The summed E-state index contributed by atoms with van der Waals surface area (Å²) in [6.45, 7) is 44.1. The molecule has 0 rings (SSSR count). The number of rotatable bonds is 54. The molecule has 0 fully saturated rings. The summed E-state index contributed by atoms with van der Waals surface area (Å²) < 4.78 is 3.99. The number of nitrogens with zero attached hydrogens (tertiary/aromatic N) is 3.